The van der Waals surface area contributed by atoms with Crippen molar-refractivity contribution in [1.29, 1.82) is 5.26 Å². The Labute approximate surface area is 232 Å². The summed E-state index contributed by atoms with van der Waals surface area (Å²) in [6.45, 7) is 7.51. The van der Waals surface area contributed by atoms with E-state index in [4.69, 9.17) is 0 Å². The van der Waals surface area contributed by atoms with Crippen LogP contribution in [0.15, 0.2) is 23.7 Å². The van der Waals surface area contributed by atoms with Gasteiger partial charge >= 0.3 is 0 Å². The lowest BCUT2D eigenvalue weighted by molar-refractivity contribution is -0.144. The summed E-state index contributed by atoms with van der Waals surface area (Å²) < 4.78 is 0. The van der Waals surface area contributed by atoms with E-state index in [1.807, 2.05) is 33.2 Å². The number of benzene rings is 1. The molecule has 2 aliphatic carbocycles. The fourth-order valence-corrected chi connectivity index (χ4v) is 6.46. The molecule has 2 aromatic rings. The van der Waals surface area contributed by atoms with Crippen molar-refractivity contribution in [1.82, 2.24) is 20.5 Å². The number of β-amino-alcohol motifs (C(OH)–C–C–N with tert-alkyl or cyclic N) is 1. The maximum absolute atomic E-state index is 13.8. The highest BCUT2D eigenvalue weighted by molar-refractivity contribution is 7.13. The van der Waals surface area contributed by atoms with Crippen LogP contribution >= 0.6 is 11.3 Å². The predicted molar refractivity (Wildman–Crippen MR) is 146 cm³/mol. The average Bonchev–Trinajstić information content (AvgIpc) is 3.17. The number of likely N-dealkylation sites (tertiary alicyclic amines) is 1. The van der Waals surface area contributed by atoms with Gasteiger partial charge in [-0.3, -0.25) is 14.4 Å². The van der Waals surface area contributed by atoms with Gasteiger partial charge in [-0.1, -0.05) is 32.9 Å². The molecule has 5 rings (SSSR count). The zero-order chi connectivity index (χ0) is 28.1. The summed E-state index contributed by atoms with van der Waals surface area (Å²) in [7, 11) is 0. The number of hydrogen-bond acceptors (Lipinski definition) is 7. The van der Waals surface area contributed by atoms with Crippen LogP contribution in [0.4, 0.5) is 0 Å². The fourth-order valence-electron chi connectivity index (χ4n) is 5.66. The molecule has 1 aromatic heterocycles. The number of nitrogens with zero attached hydrogens (tertiary/aromatic N) is 3. The van der Waals surface area contributed by atoms with Crippen LogP contribution in [0.5, 0.6) is 0 Å². The lowest BCUT2D eigenvalue weighted by atomic mass is 9.85. The van der Waals surface area contributed by atoms with Gasteiger partial charge in [0.2, 0.25) is 17.7 Å². The quantitative estimate of drug-likeness (QED) is 0.507. The van der Waals surface area contributed by atoms with Crippen LogP contribution in [0.1, 0.15) is 69.3 Å². The second-order valence-electron chi connectivity index (χ2n) is 12.1. The second kappa shape index (κ2) is 10.0. The molecule has 10 heteroatoms. The minimum absolute atomic E-state index is 0.0155. The molecule has 0 radical (unpaired) electrons. The highest BCUT2D eigenvalue weighted by Crippen LogP contribution is 2.45. The molecule has 3 amide bonds. The first-order valence-electron chi connectivity index (χ1n) is 13.5. The van der Waals surface area contributed by atoms with Gasteiger partial charge in [0, 0.05) is 13.0 Å². The molecule has 206 valence electrons. The molecule has 1 unspecified atom stereocenters. The smallest absolute Gasteiger partial charge is 0.246 e. The molecule has 0 bridgehead atoms. The van der Waals surface area contributed by atoms with Crippen molar-refractivity contribution >= 4 is 29.1 Å². The summed E-state index contributed by atoms with van der Waals surface area (Å²) >= 11 is 1.61. The Hall–Kier alpha value is -3.29. The van der Waals surface area contributed by atoms with Gasteiger partial charge in [-0.15, -0.1) is 11.3 Å². The minimum atomic E-state index is -1.07. The number of nitrogens with one attached hydrogen (secondary N) is 2. The molecule has 1 saturated carbocycles. The Balaban J connectivity index is 1.31. The summed E-state index contributed by atoms with van der Waals surface area (Å²) in [5.41, 5.74) is 4.48. The van der Waals surface area contributed by atoms with Gasteiger partial charge in [0.1, 0.15) is 17.5 Å². The minimum Gasteiger partial charge on any atom is -0.391 e. The van der Waals surface area contributed by atoms with Crippen molar-refractivity contribution in [2.24, 2.45) is 10.8 Å². The maximum Gasteiger partial charge on any atom is 0.246 e. The third-order valence-corrected chi connectivity index (χ3v) is 9.17. The van der Waals surface area contributed by atoms with Crippen LogP contribution in [0.2, 0.25) is 0 Å². The molecule has 1 saturated heterocycles. The number of fused-ring (bicyclic) bond motifs is 1. The standard InChI is InChI=1S/C29H35N5O4S/c1-16-23(39-15-31-16)18-5-7-20-17(11-18)6-8-21(20)32-25(36)22-12-19(35)13-34(22)26(37)24(28(2,3)4)33-27(38)29(14-30)9-10-29/h5,7,11,15,19,21-22,24,35H,6,8-10,12-13H2,1-4H3,(H,32,36)(H,33,38)/t19-,21?,22+,24-/m1/s1. The summed E-state index contributed by atoms with van der Waals surface area (Å²) in [5, 5.41) is 25.8. The van der Waals surface area contributed by atoms with Gasteiger partial charge in [-0.05, 0) is 60.8 Å². The Kier molecular flexibility index (Phi) is 7.02. The number of carbonyl (C=O) groups is 3. The van der Waals surface area contributed by atoms with Crippen molar-refractivity contribution in [3.8, 4) is 16.5 Å². The van der Waals surface area contributed by atoms with Crippen molar-refractivity contribution in [2.45, 2.75) is 84.0 Å². The van der Waals surface area contributed by atoms with E-state index >= 15 is 0 Å². The first-order valence-corrected chi connectivity index (χ1v) is 14.4. The maximum atomic E-state index is 13.8. The van der Waals surface area contributed by atoms with E-state index in [2.05, 4.69) is 39.9 Å². The number of carbonyl (C=O) groups excluding carboxylic acids is 3. The molecule has 2 heterocycles. The summed E-state index contributed by atoms with van der Waals surface area (Å²) in [6, 6.07) is 6.40. The number of aliphatic hydroxyl groups is 1. The van der Waals surface area contributed by atoms with Crippen LogP contribution < -0.4 is 10.6 Å². The van der Waals surface area contributed by atoms with Crippen LogP contribution in [-0.2, 0) is 20.8 Å². The highest BCUT2D eigenvalue weighted by Gasteiger charge is 2.53. The molecule has 3 N–H and O–H groups in total. The zero-order valence-corrected chi connectivity index (χ0v) is 23.6. The fraction of sp³-hybridized carbons (Fsp3) is 0.552. The lowest BCUT2D eigenvalue weighted by Gasteiger charge is -2.36. The molecule has 3 aliphatic rings. The third-order valence-electron chi connectivity index (χ3n) is 8.20. The molecule has 9 nitrogen and oxygen atoms in total. The highest BCUT2D eigenvalue weighted by atomic mass is 32.1. The normalized spacial score (nSPS) is 24.0. The van der Waals surface area contributed by atoms with Crippen LogP contribution in [-0.4, -0.2) is 57.4 Å². The molecular weight excluding hydrogens is 514 g/mol. The largest absolute Gasteiger partial charge is 0.391 e. The van der Waals surface area contributed by atoms with Gasteiger partial charge in [0.15, 0.2) is 0 Å². The van der Waals surface area contributed by atoms with E-state index in [-0.39, 0.29) is 24.9 Å². The van der Waals surface area contributed by atoms with Gasteiger partial charge in [-0.25, -0.2) is 4.98 Å². The summed E-state index contributed by atoms with van der Waals surface area (Å²) in [5.74, 6) is -1.18. The Morgan fingerprint density at radius 3 is 2.64 bits per heavy atom. The lowest BCUT2D eigenvalue weighted by Crippen LogP contribution is -2.58. The average molecular weight is 550 g/mol. The SMILES string of the molecule is Cc1ncsc1-c1ccc2c(c1)CCC2NC(=O)[C@@H]1C[C@@H](O)CN1C(=O)[C@@H](NC(=O)C1(C#N)CC1)C(C)(C)C. The predicted octanol–water partition coefficient (Wildman–Crippen LogP) is 3.02. The Morgan fingerprint density at radius 2 is 2.03 bits per heavy atom. The second-order valence-corrected chi connectivity index (χ2v) is 13.0. The van der Waals surface area contributed by atoms with E-state index < -0.39 is 40.8 Å². The summed E-state index contributed by atoms with van der Waals surface area (Å²) in [6.07, 6.45) is 1.83. The number of aryl methyl sites for hydroxylation is 2. The van der Waals surface area contributed by atoms with Crippen molar-refractivity contribution in [3.05, 3.63) is 40.5 Å². The van der Waals surface area contributed by atoms with Crippen LogP contribution in [0.25, 0.3) is 10.4 Å². The Morgan fingerprint density at radius 1 is 1.28 bits per heavy atom. The molecule has 4 atom stereocenters. The van der Waals surface area contributed by atoms with E-state index in [9.17, 15) is 24.8 Å². The number of nitriles is 1. The van der Waals surface area contributed by atoms with Gasteiger partial charge in [0.25, 0.3) is 0 Å². The van der Waals surface area contributed by atoms with Gasteiger partial charge in [-0.2, -0.15) is 5.26 Å². The first kappa shape index (κ1) is 27.3. The van der Waals surface area contributed by atoms with Gasteiger partial charge in [0.05, 0.1) is 34.3 Å². The van der Waals surface area contributed by atoms with Crippen LogP contribution in [0, 0.1) is 29.1 Å². The van der Waals surface area contributed by atoms with Gasteiger partial charge < -0.3 is 20.6 Å². The molecule has 2 fully saturated rings. The van der Waals surface area contributed by atoms with E-state index in [0.717, 1.165) is 34.5 Å². The van der Waals surface area contributed by atoms with Crippen molar-refractivity contribution in [3.63, 3.8) is 0 Å². The van der Waals surface area contributed by atoms with E-state index in [1.54, 1.807) is 11.3 Å². The Bertz CT molecular complexity index is 1350. The number of amides is 3. The monoisotopic (exact) mass is 549 g/mol. The number of rotatable bonds is 6. The summed E-state index contributed by atoms with van der Waals surface area (Å²) in [4.78, 5) is 47.0. The van der Waals surface area contributed by atoms with Crippen molar-refractivity contribution < 1.29 is 19.5 Å². The third kappa shape index (κ3) is 5.18. The molecular formula is C29H35N5O4S. The van der Waals surface area contributed by atoms with E-state index in [0.29, 0.717) is 12.8 Å². The van der Waals surface area contributed by atoms with Crippen LogP contribution in [0.3, 0.4) is 0 Å². The number of hydrogen-bond donors (Lipinski definition) is 3. The topological polar surface area (TPSA) is 135 Å². The van der Waals surface area contributed by atoms with Crippen molar-refractivity contribution in [2.75, 3.05) is 6.54 Å². The number of aromatic nitrogens is 1. The molecule has 39 heavy (non-hydrogen) atoms. The van der Waals surface area contributed by atoms with E-state index in [1.165, 1.54) is 10.5 Å². The molecule has 1 aromatic carbocycles. The zero-order valence-electron chi connectivity index (χ0n) is 22.8. The number of thiazole rings is 1. The number of aliphatic hydroxyl groups excluding tert-OH is 1. The molecule has 1 aliphatic heterocycles. The molecule has 0 spiro atoms. The first-order chi connectivity index (χ1) is 18.4.